The molecule has 114 valence electrons. The van der Waals surface area contributed by atoms with E-state index in [9.17, 15) is 4.79 Å². The summed E-state index contributed by atoms with van der Waals surface area (Å²) in [7, 11) is 0. The summed E-state index contributed by atoms with van der Waals surface area (Å²) in [6, 6.07) is 20.3. The van der Waals surface area contributed by atoms with Crippen molar-refractivity contribution in [2.45, 2.75) is 19.4 Å². The summed E-state index contributed by atoms with van der Waals surface area (Å²) in [5.74, 6) is 0.175. The Balaban J connectivity index is 2.26. The molecule has 0 spiro atoms. The van der Waals surface area contributed by atoms with Crippen LogP contribution in [0.3, 0.4) is 0 Å². The van der Waals surface area contributed by atoms with Crippen molar-refractivity contribution in [1.29, 1.82) is 0 Å². The lowest BCUT2D eigenvalue weighted by atomic mass is 9.81. The van der Waals surface area contributed by atoms with Crippen molar-refractivity contribution in [1.82, 2.24) is 9.80 Å². The third-order valence-electron chi connectivity index (χ3n) is 4.56. The van der Waals surface area contributed by atoms with Gasteiger partial charge in [-0.25, -0.2) is 0 Å². The van der Waals surface area contributed by atoms with Crippen LogP contribution in [-0.4, -0.2) is 35.5 Å². The third-order valence-corrected chi connectivity index (χ3v) is 4.56. The molecule has 0 bridgehead atoms. The number of rotatable bonds is 4. The maximum atomic E-state index is 13.3. The molecule has 2 aromatic rings. The number of nitrogens with zero attached hydrogens (tertiary/aromatic N) is 2. The Morgan fingerprint density at radius 1 is 0.864 bits per heavy atom. The fourth-order valence-corrected chi connectivity index (χ4v) is 3.46. The number of carbonyl (C=O) groups is 1. The first-order valence-electron chi connectivity index (χ1n) is 7.90. The van der Waals surface area contributed by atoms with Crippen LogP contribution in [0.15, 0.2) is 60.7 Å². The molecule has 3 nitrogen and oxygen atoms in total. The van der Waals surface area contributed by atoms with E-state index >= 15 is 0 Å². The molecule has 22 heavy (non-hydrogen) atoms. The summed E-state index contributed by atoms with van der Waals surface area (Å²) in [6.07, 6.45) is 0. The predicted molar refractivity (Wildman–Crippen MR) is 88.3 cm³/mol. The molecule has 1 saturated heterocycles. The average Bonchev–Trinajstić information content (AvgIpc) is 2.89. The summed E-state index contributed by atoms with van der Waals surface area (Å²) in [5.41, 5.74) is 1.39. The second kappa shape index (κ2) is 5.93. The van der Waals surface area contributed by atoms with Gasteiger partial charge in [0.25, 0.3) is 5.91 Å². The summed E-state index contributed by atoms with van der Waals surface area (Å²) in [5, 5.41) is 0. The molecule has 0 saturated carbocycles. The molecule has 0 radical (unpaired) electrons. The van der Waals surface area contributed by atoms with Crippen molar-refractivity contribution in [3.63, 3.8) is 0 Å². The topological polar surface area (TPSA) is 23.6 Å². The highest BCUT2D eigenvalue weighted by Crippen LogP contribution is 2.41. The van der Waals surface area contributed by atoms with Crippen LogP contribution >= 0.6 is 0 Å². The minimum Gasteiger partial charge on any atom is -0.328 e. The molecule has 1 fully saturated rings. The van der Waals surface area contributed by atoms with E-state index in [4.69, 9.17) is 0 Å². The van der Waals surface area contributed by atoms with Gasteiger partial charge >= 0.3 is 0 Å². The van der Waals surface area contributed by atoms with Crippen LogP contribution in [0.1, 0.15) is 25.0 Å². The molecule has 2 aromatic carbocycles. The number of hydrogen-bond acceptors (Lipinski definition) is 2. The molecular weight excluding hydrogens is 272 g/mol. The van der Waals surface area contributed by atoms with E-state index in [1.807, 2.05) is 48.2 Å². The quantitative estimate of drug-likeness (QED) is 0.865. The molecule has 1 amide bonds. The highest BCUT2D eigenvalue weighted by atomic mass is 16.2. The molecule has 0 unspecified atom stereocenters. The lowest BCUT2D eigenvalue weighted by Crippen LogP contribution is -2.47. The first-order chi connectivity index (χ1) is 10.7. The van der Waals surface area contributed by atoms with Crippen LogP contribution in [0.2, 0.25) is 0 Å². The zero-order valence-electron chi connectivity index (χ0n) is 13.2. The fraction of sp³-hybridized carbons (Fsp3) is 0.316. The van der Waals surface area contributed by atoms with E-state index in [-0.39, 0.29) is 5.91 Å². The van der Waals surface area contributed by atoms with Crippen molar-refractivity contribution >= 4 is 5.91 Å². The van der Waals surface area contributed by atoms with Crippen LogP contribution in [0, 0.1) is 0 Å². The molecule has 3 heteroatoms. The molecule has 0 aromatic heterocycles. The van der Waals surface area contributed by atoms with E-state index in [2.05, 4.69) is 36.1 Å². The largest absolute Gasteiger partial charge is 0.328 e. The van der Waals surface area contributed by atoms with Gasteiger partial charge in [-0.2, -0.15) is 0 Å². The lowest BCUT2D eigenvalue weighted by molar-refractivity contribution is -0.132. The Labute approximate surface area is 132 Å². The van der Waals surface area contributed by atoms with Gasteiger partial charge in [0.15, 0.2) is 5.54 Å². The van der Waals surface area contributed by atoms with Gasteiger partial charge in [0, 0.05) is 6.54 Å². The number of benzene rings is 2. The van der Waals surface area contributed by atoms with Gasteiger partial charge in [-0.3, -0.25) is 9.69 Å². The van der Waals surface area contributed by atoms with Gasteiger partial charge in [0.05, 0.1) is 6.67 Å². The number of amides is 1. The van der Waals surface area contributed by atoms with Crippen molar-refractivity contribution in [2.75, 3.05) is 19.8 Å². The smallest absolute Gasteiger partial charge is 0.253 e. The third kappa shape index (κ3) is 2.04. The molecule has 1 aliphatic heterocycles. The monoisotopic (exact) mass is 294 g/mol. The van der Waals surface area contributed by atoms with Crippen LogP contribution < -0.4 is 0 Å². The fourth-order valence-electron chi connectivity index (χ4n) is 3.46. The Hall–Kier alpha value is -2.13. The van der Waals surface area contributed by atoms with Gasteiger partial charge in [-0.05, 0) is 24.6 Å². The van der Waals surface area contributed by atoms with E-state index in [1.54, 1.807) is 0 Å². The maximum Gasteiger partial charge on any atom is 0.253 e. The first-order valence-corrected chi connectivity index (χ1v) is 7.90. The highest BCUT2D eigenvalue weighted by molar-refractivity contribution is 5.93. The normalized spacial score (nSPS) is 17.9. The first kappa shape index (κ1) is 14.8. The van der Waals surface area contributed by atoms with E-state index < -0.39 is 5.54 Å². The van der Waals surface area contributed by atoms with Crippen LogP contribution in [0.25, 0.3) is 0 Å². The molecule has 1 aliphatic rings. The summed E-state index contributed by atoms with van der Waals surface area (Å²) in [6.45, 7) is 6.39. The van der Waals surface area contributed by atoms with Crippen molar-refractivity contribution in [2.24, 2.45) is 0 Å². The Morgan fingerprint density at radius 3 is 1.77 bits per heavy atom. The van der Waals surface area contributed by atoms with Crippen molar-refractivity contribution < 1.29 is 4.79 Å². The minimum atomic E-state index is -0.701. The van der Waals surface area contributed by atoms with Crippen LogP contribution in [-0.2, 0) is 10.3 Å². The minimum absolute atomic E-state index is 0.175. The van der Waals surface area contributed by atoms with Crippen molar-refractivity contribution in [3.05, 3.63) is 71.8 Å². The summed E-state index contributed by atoms with van der Waals surface area (Å²) in [4.78, 5) is 17.5. The standard InChI is InChI=1S/C19H22N2O/c1-3-20-15-21(4-2)19(18(20)22,16-11-7-5-8-12-16)17-13-9-6-10-14-17/h5-14H,3-4,15H2,1-2H3. The Bertz CT molecular complexity index is 599. The number of carbonyl (C=O) groups excluding carboxylic acids is 1. The van der Waals surface area contributed by atoms with E-state index in [0.29, 0.717) is 6.67 Å². The predicted octanol–water partition coefficient (Wildman–Crippen LogP) is 3.07. The molecule has 3 rings (SSSR count). The molecular formula is C19H22N2O. The van der Waals surface area contributed by atoms with Gasteiger partial charge in [0.2, 0.25) is 0 Å². The number of likely N-dealkylation sites (N-methyl/N-ethyl adjacent to an activating group) is 2. The van der Waals surface area contributed by atoms with Gasteiger partial charge in [-0.1, -0.05) is 67.6 Å². The summed E-state index contributed by atoms with van der Waals surface area (Å²) >= 11 is 0. The van der Waals surface area contributed by atoms with Crippen LogP contribution in [0.4, 0.5) is 0 Å². The SMILES string of the molecule is CCN1CN(CC)C(c2ccccc2)(c2ccccc2)C1=O. The Morgan fingerprint density at radius 2 is 1.36 bits per heavy atom. The molecule has 0 atom stereocenters. The zero-order chi connectivity index (χ0) is 15.6. The number of hydrogen-bond donors (Lipinski definition) is 0. The summed E-state index contributed by atoms with van der Waals surface area (Å²) < 4.78 is 0. The molecule has 0 aliphatic carbocycles. The maximum absolute atomic E-state index is 13.3. The van der Waals surface area contributed by atoms with Crippen LogP contribution in [0.5, 0.6) is 0 Å². The van der Waals surface area contributed by atoms with Crippen molar-refractivity contribution in [3.8, 4) is 0 Å². The second-order valence-electron chi connectivity index (χ2n) is 5.60. The molecule has 0 N–H and O–H groups in total. The highest BCUT2D eigenvalue weighted by Gasteiger charge is 2.53. The average molecular weight is 294 g/mol. The second-order valence-corrected chi connectivity index (χ2v) is 5.60. The van der Waals surface area contributed by atoms with Gasteiger partial charge < -0.3 is 4.90 Å². The molecule has 1 heterocycles. The lowest BCUT2D eigenvalue weighted by Gasteiger charge is -2.35. The van der Waals surface area contributed by atoms with E-state index in [1.165, 1.54) is 0 Å². The van der Waals surface area contributed by atoms with Gasteiger partial charge in [-0.15, -0.1) is 0 Å². The van der Waals surface area contributed by atoms with E-state index in [0.717, 1.165) is 24.2 Å². The Kier molecular flexibility index (Phi) is 3.99. The van der Waals surface area contributed by atoms with Gasteiger partial charge in [0.1, 0.15) is 0 Å². The zero-order valence-corrected chi connectivity index (χ0v) is 13.2.